The van der Waals surface area contributed by atoms with Crippen LogP contribution in [0.1, 0.15) is 35.8 Å². The number of anilines is 1. The van der Waals surface area contributed by atoms with Gasteiger partial charge in [-0.25, -0.2) is 4.68 Å². The summed E-state index contributed by atoms with van der Waals surface area (Å²) in [6, 6.07) is 13.1. The first-order valence-corrected chi connectivity index (χ1v) is 11.4. The first kappa shape index (κ1) is 22.6. The van der Waals surface area contributed by atoms with Gasteiger partial charge in [0.2, 0.25) is 0 Å². The van der Waals surface area contributed by atoms with Crippen LogP contribution in [0.3, 0.4) is 0 Å². The molecule has 1 N–H and O–H groups in total. The Labute approximate surface area is 193 Å². The summed E-state index contributed by atoms with van der Waals surface area (Å²) >= 11 is 0. The third-order valence-electron chi connectivity index (χ3n) is 6.40. The van der Waals surface area contributed by atoms with Crippen LogP contribution in [0.15, 0.2) is 47.3 Å². The Morgan fingerprint density at radius 3 is 2.67 bits per heavy atom. The maximum absolute atomic E-state index is 13.2. The monoisotopic (exact) mass is 449 g/mol. The molecule has 1 atom stereocenters. The van der Waals surface area contributed by atoms with Gasteiger partial charge in [-0.3, -0.25) is 9.59 Å². The first-order chi connectivity index (χ1) is 15.9. The van der Waals surface area contributed by atoms with Crippen molar-refractivity contribution < 1.29 is 9.53 Å². The number of aryl methyl sites for hydroxylation is 1. The van der Waals surface area contributed by atoms with E-state index in [2.05, 4.69) is 15.3 Å². The molecule has 1 aliphatic rings. The summed E-state index contributed by atoms with van der Waals surface area (Å²) < 4.78 is 8.76. The molecule has 3 aromatic rings. The molecule has 8 heteroatoms. The second kappa shape index (κ2) is 9.52. The zero-order valence-electron chi connectivity index (χ0n) is 19.7. The Balaban J connectivity index is 1.49. The van der Waals surface area contributed by atoms with Crippen LogP contribution < -0.4 is 20.5 Å². The highest BCUT2D eigenvalue weighted by Gasteiger charge is 2.25. The van der Waals surface area contributed by atoms with Crippen LogP contribution in [0.25, 0.3) is 11.3 Å². The summed E-state index contributed by atoms with van der Waals surface area (Å²) in [5, 5.41) is 7.68. The predicted octanol–water partition coefficient (Wildman–Crippen LogP) is 2.98. The smallest absolute Gasteiger partial charge is 0.266 e. The molecule has 8 nitrogen and oxygen atoms in total. The highest BCUT2D eigenvalue weighted by molar-refractivity contribution is 5.97. The van der Waals surface area contributed by atoms with Crippen LogP contribution in [-0.4, -0.2) is 46.5 Å². The molecule has 174 valence electrons. The minimum atomic E-state index is -0.102. The summed E-state index contributed by atoms with van der Waals surface area (Å²) in [6.07, 6.45) is 1.86. The van der Waals surface area contributed by atoms with Crippen molar-refractivity contribution in [3.63, 3.8) is 0 Å². The molecule has 1 aromatic carbocycles. The number of carbonyl (C=O) groups is 1. The van der Waals surface area contributed by atoms with Gasteiger partial charge in [0.15, 0.2) is 0 Å². The lowest BCUT2D eigenvalue weighted by atomic mass is 10.0. The van der Waals surface area contributed by atoms with Crippen LogP contribution in [0.4, 0.5) is 5.82 Å². The van der Waals surface area contributed by atoms with Crippen LogP contribution in [0.5, 0.6) is 5.75 Å². The van der Waals surface area contributed by atoms with E-state index < -0.39 is 0 Å². The van der Waals surface area contributed by atoms with Crippen molar-refractivity contribution in [3.8, 4) is 17.0 Å². The summed E-state index contributed by atoms with van der Waals surface area (Å²) in [7, 11) is 3.62. The third-order valence-corrected chi connectivity index (χ3v) is 6.40. The van der Waals surface area contributed by atoms with Crippen LogP contribution in [0, 0.1) is 6.92 Å². The average molecular weight is 450 g/mol. The number of amides is 1. The van der Waals surface area contributed by atoms with Crippen LogP contribution in [-0.2, 0) is 13.6 Å². The lowest BCUT2D eigenvalue weighted by Gasteiger charge is -2.34. The number of hydrogen-bond acceptors (Lipinski definition) is 5. The highest BCUT2D eigenvalue weighted by atomic mass is 16.5. The molecule has 1 fully saturated rings. The van der Waals surface area contributed by atoms with E-state index >= 15 is 0 Å². The lowest BCUT2D eigenvalue weighted by Crippen LogP contribution is -2.48. The second-order valence-corrected chi connectivity index (χ2v) is 8.42. The summed E-state index contributed by atoms with van der Waals surface area (Å²) in [6.45, 7) is 5.92. The Morgan fingerprint density at radius 1 is 1.21 bits per heavy atom. The zero-order chi connectivity index (χ0) is 23.5. The minimum Gasteiger partial charge on any atom is -0.497 e. The maximum Gasteiger partial charge on any atom is 0.266 e. The van der Waals surface area contributed by atoms with Crippen LogP contribution >= 0.6 is 0 Å². The van der Waals surface area contributed by atoms with Gasteiger partial charge in [-0.05, 0) is 68.7 Å². The van der Waals surface area contributed by atoms with Crippen molar-refractivity contribution in [2.24, 2.45) is 7.05 Å². The van der Waals surface area contributed by atoms with Crippen molar-refractivity contribution in [2.75, 3.05) is 25.1 Å². The lowest BCUT2D eigenvalue weighted by molar-refractivity contribution is 0.0932. The largest absolute Gasteiger partial charge is 0.497 e. The van der Waals surface area contributed by atoms with Gasteiger partial charge in [-0.15, -0.1) is 0 Å². The SMILES string of the molecule is CCn1nc(N2CCCC(NC(=O)c3cc(-c4ccc(OC)cc4)n(C)c3C)C2)ccc1=O. The molecule has 0 bridgehead atoms. The molecule has 0 radical (unpaired) electrons. The molecule has 1 saturated heterocycles. The van der Waals surface area contributed by atoms with Crippen molar-refractivity contribution in [2.45, 2.75) is 39.3 Å². The van der Waals surface area contributed by atoms with Crippen LogP contribution in [0.2, 0.25) is 0 Å². The minimum absolute atomic E-state index is 0.0131. The number of nitrogens with one attached hydrogen (secondary N) is 1. The Kier molecular flexibility index (Phi) is 6.53. The molecule has 1 aliphatic heterocycles. The maximum atomic E-state index is 13.2. The number of carbonyl (C=O) groups excluding carboxylic acids is 1. The van der Waals surface area contributed by atoms with E-state index in [0.717, 1.165) is 47.9 Å². The third kappa shape index (κ3) is 4.65. The normalized spacial score (nSPS) is 16.0. The van der Waals surface area contributed by atoms with Gasteiger partial charge >= 0.3 is 0 Å². The Morgan fingerprint density at radius 2 is 1.97 bits per heavy atom. The molecule has 3 heterocycles. The molecule has 2 aromatic heterocycles. The Hall–Kier alpha value is -3.55. The number of nitrogens with zero attached hydrogens (tertiary/aromatic N) is 4. The van der Waals surface area contributed by atoms with E-state index in [-0.39, 0.29) is 17.5 Å². The fourth-order valence-corrected chi connectivity index (χ4v) is 4.37. The molecular formula is C25H31N5O3. The van der Waals surface area contributed by atoms with E-state index in [1.165, 1.54) is 4.68 Å². The number of benzene rings is 1. The van der Waals surface area contributed by atoms with Gasteiger partial charge in [0.1, 0.15) is 11.6 Å². The van der Waals surface area contributed by atoms with Gasteiger partial charge < -0.3 is 19.5 Å². The second-order valence-electron chi connectivity index (χ2n) is 8.42. The van der Waals surface area contributed by atoms with E-state index in [1.54, 1.807) is 19.2 Å². The molecule has 33 heavy (non-hydrogen) atoms. The number of piperidine rings is 1. The van der Waals surface area contributed by atoms with Crippen molar-refractivity contribution >= 4 is 11.7 Å². The van der Waals surface area contributed by atoms with Gasteiger partial charge in [0.05, 0.1) is 12.7 Å². The van der Waals surface area contributed by atoms with E-state index in [9.17, 15) is 9.59 Å². The van der Waals surface area contributed by atoms with Gasteiger partial charge in [0, 0.05) is 50.2 Å². The fourth-order valence-electron chi connectivity index (χ4n) is 4.37. The number of methoxy groups -OCH3 is 1. The molecule has 0 spiro atoms. The first-order valence-electron chi connectivity index (χ1n) is 11.4. The molecule has 1 unspecified atom stereocenters. The quantitative estimate of drug-likeness (QED) is 0.626. The van der Waals surface area contributed by atoms with Gasteiger partial charge in [-0.1, -0.05) is 0 Å². The van der Waals surface area contributed by atoms with Crippen molar-refractivity contribution in [1.29, 1.82) is 0 Å². The van der Waals surface area contributed by atoms with Crippen molar-refractivity contribution in [3.05, 3.63) is 64.1 Å². The molecule has 1 amide bonds. The van der Waals surface area contributed by atoms with E-state index in [0.29, 0.717) is 18.7 Å². The van der Waals surface area contributed by atoms with Crippen molar-refractivity contribution in [1.82, 2.24) is 19.7 Å². The highest BCUT2D eigenvalue weighted by Crippen LogP contribution is 2.27. The number of rotatable bonds is 6. The summed E-state index contributed by atoms with van der Waals surface area (Å²) in [5.41, 5.74) is 3.51. The Bertz CT molecular complexity index is 1200. The predicted molar refractivity (Wildman–Crippen MR) is 129 cm³/mol. The summed E-state index contributed by atoms with van der Waals surface area (Å²) in [4.78, 5) is 27.2. The zero-order valence-corrected chi connectivity index (χ0v) is 19.7. The van der Waals surface area contributed by atoms with Gasteiger partial charge in [-0.2, -0.15) is 5.10 Å². The van der Waals surface area contributed by atoms with Gasteiger partial charge in [0.25, 0.3) is 11.5 Å². The average Bonchev–Trinajstić information content (AvgIpc) is 3.14. The molecule has 0 aliphatic carbocycles. The standard InChI is InChI=1S/C25H31N5O3/c1-5-30-24(31)13-12-23(27-30)29-14-6-7-19(16-29)26-25(32)21-15-22(28(3)17(21)2)18-8-10-20(33-4)11-9-18/h8-13,15,19H,5-7,14,16H2,1-4H3,(H,26,32). The number of ether oxygens (including phenoxy) is 1. The molecular weight excluding hydrogens is 418 g/mol. The molecule has 4 rings (SSSR count). The number of aromatic nitrogens is 3. The topological polar surface area (TPSA) is 81.4 Å². The fraction of sp³-hybridized carbons (Fsp3) is 0.400. The van der Waals surface area contributed by atoms with E-state index in [1.807, 2.05) is 55.8 Å². The molecule has 0 saturated carbocycles. The van der Waals surface area contributed by atoms with E-state index in [4.69, 9.17) is 4.74 Å². The number of hydrogen-bond donors (Lipinski definition) is 1. The summed E-state index contributed by atoms with van der Waals surface area (Å²) in [5.74, 6) is 1.50.